The number of aliphatic hydroxyl groups excluding tert-OH is 1. The number of nitrogens with one attached hydrogen (secondary N) is 2. The fraction of sp³-hybridized carbons (Fsp3) is 0.500. The Morgan fingerprint density at radius 3 is 2.48 bits per heavy atom. The predicted molar refractivity (Wildman–Crippen MR) is 314 cm³/mol. The number of ether oxygens (including phenoxy) is 1. The van der Waals surface area contributed by atoms with Gasteiger partial charge in [0, 0.05) is 113 Å². The van der Waals surface area contributed by atoms with Gasteiger partial charge in [-0.15, -0.1) is 11.3 Å². The minimum atomic E-state index is -0.811. The molecule has 19 heteroatoms. The molecule has 13 rings (SSSR count). The Bertz CT molecular complexity index is 3460. The molecule has 3 aromatic carbocycles. The van der Waals surface area contributed by atoms with Crippen molar-refractivity contribution in [1.82, 2.24) is 50.4 Å². The van der Waals surface area contributed by atoms with Gasteiger partial charge in [-0.3, -0.25) is 24.4 Å². The number of nitrogens with zero attached hydrogens (tertiary/aromatic N) is 10. The molecule has 8 atom stereocenters. The number of carbonyl (C=O) groups excluding carboxylic acids is 2. The first-order valence-electron chi connectivity index (χ1n) is 29.4. The van der Waals surface area contributed by atoms with Crippen molar-refractivity contribution in [1.29, 1.82) is 0 Å². The summed E-state index contributed by atoms with van der Waals surface area (Å²) in [7, 11) is 0. The second kappa shape index (κ2) is 22.2. The maximum absolute atomic E-state index is 14.5. The van der Waals surface area contributed by atoms with Gasteiger partial charge in [0.25, 0.3) is 0 Å². The maximum Gasteiger partial charge on any atom is 0.319 e. The molecule has 2 bridgehead atoms. The van der Waals surface area contributed by atoms with Crippen molar-refractivity contribution in [3.05, 3.63) is 101 Å². The number of piperazine rings is 2. The van der Waals surface area contributed by atoms with Gasteiger partial charge in [0.1, 0.15) is 30.1 Å². The summed E-state index contributed by atoms with van der Waals surface area (Å²) < 4.78 is 12.6. The number of aryl methyl sites for hydroxylation is 1. The molecule has 5 fully saturated rings. The molecule has 18 nitrogen and oxygen atoms in total. The van der Waals surface area contributed by atoms with Crippen LogP contribution in [0.15, 0.2) is 76.9 Å². The van der Waals surface area contributed by atoms with Crippen molar-refractivity contribution < 1.29 is 29.1 Å². The number of aromatic nitrogens is 5. The van der Waals surface area contributed by atoms with E-state index in [1.54, 1.807) is 11.3 Å². The number of rotatable bonds is 15. The van der Waals surface area contributed by atoms with Gasteiger partial charge in [0.15, 0.2) is 11.6 Å². The molecule has 0 saturated carbocycles. The lowest BCUT2D eigenvalue weighted by Crippen LogP contribution is -2.51. The lowest BCUT2D eigenvalue weighted by Gasteiger charge is -2.39. The van der Waals surface area contributed by atoms with Gasteiger partial charge in [-0.25, -0.2) is 4.98 Å². The summed E-state index contributed by atoms with van der Waals surface area (Å²) >= 11 is 1.60. The summed E-state index contributed by atoms with van der Waals surface area (Å²) in [5, 5.41) is 36.2. The van der Waals surface area contributed by atoms with Crippen LogP contribution in [-0.4, -0.2) is 165 Å². The number of carbonyl (C=O) groups is 2. The van der Waals surface area contributed by atoms with Crippen LogP contribution in [-0.2, 0) is 9.59 Å². The number of pyridine rings is 1. The largest absolute Gasteiger partial charge is 0.508 e. The number of hydrogen-bond donors (Lipinski definition) is 4. The zero-order chi connectivity index (χ0) is 55.6. The standard InChI is InChI=1S/C62H74N12O6S/c1-35(2)53(61(78)74-33-46(76)26-50(74)60(77)65-37(4)40-11-13-41(14-12-40)58-38(5)64-34-81-58)51-27-52(69-80-51)72-20-18-71(19-21-72)30-39-8-7-17-70(29-39)22-23-79-62-67-57-49(59(68-62)73-31-43-15-16-44(32-73)66-43)28-63-56-48-25-45(75)24-42-9-6-10-47(55(42)48)36(3)54(56)57/h6,9-14,24-25,27-28,34-37,39,43-44,46,50,53,66,75-76H,7-8,15-23,26,29-33H2,1-5H3,(H,65,77)/t36?,37-,39?,43?,44?,46+,50-,53+/m0/s1. The number of hydrogen-bond acceptors (Lipinski definition) is 17. The Morgan fingerprint density at radius 1 is 0.914 bits per heavy atom. The first-order valence-corrected chi connectivity index (χ1v) is 30.2. The van der Waals surface area contributed by atoms with E-state index < -0.39 is 18.1 Å². The predicted octanol–water partition coefficient (Wildman–Crippen LogP) is 7.87. The Kier molecular flexibility index (Phi) is 14.7. The number of β-amino-alcohol motifs (C(OH)–C–C–N with tert-alkyl or cyclic N) is 1. The quantitative estimate of drug-likeness (QED) is 0.0772. The summed E-state index contributed by atoms with van der Waals surface area (Å²) in [6.07, 6.45) is 5.94. The fourth-order valence-corrected chi connectivity index (χ4v) is 14.9. The van der Waals surface area contributed by atoms with Crippen molar-refractivity contribution in [3.8, 4) is 33.5 Å². The highest BCUT2D eigenvalue weighted by Gasteiger charge is 2.44. The SMILES string of the molecule is Cc1ncsc1-c1ccc([C@H](C)NC(=O)[C@@H]2C[C@@H](O)CN2C(=O)[C@@H](c2cc(N3CCN(CC4CCCN(CCOc5nc(N6CC7CCC(C6)N7)c6cnc7c(c6n5)C(C)c5cccc6cc(O)cc-7c56)C4)CC3)no2)C(C)C)cc1. The van der Waals surface area contributed by atoms with Crippen LogP contribution in [0.3, 0.4) is 0 Å². The Hall–Kier alpha value is -6.77. The second-order valence-electron chi connectivity index (χ2n) is 24.1. The molecule has 424 valence electrons. The van der Waals surface area contributed by atoms with Crippen molar-refractivity contribution >= 4 is 56.5 Å². The van der Waals surface area contributed by atoms with Crippen LogP contribution in [0.25, 0.3) is 43.4 Å². The summed E-state index contributed by atoms with van der Waals surface area (Å²) in [5.74, 6) is 1.50. The number of phenols is 1. The number of thiazole rings is 1. The zero-order valence-electron chi connectivity index (χ0n) is 47.1. The first-order chi connectivity index (χ1) is 39.3. The average molecular weight is 1120 g/mol. The second-order valence-corrected chi connectivity index (χ2v) is 24.9. The number of aromatic hydroxyl groups is 1. The van der Waals surface area contributed by atoms with E-state index in [1.807, 2.05) is 81.9 Å². The summed E-state index contributed by atoms with van der Waals surface area (Å²) in [4.78, 5) is 60.7. The van der Waals surface area contributed by atoms with Gasteiger partial charge in [-0.05, 0) is 97.5 Å². The number of aliphatic hydroxyl groups is 1. The Labute approximate surface area is 476 Å². The van der Waals surface area contributed by atoms with Crippen molar-refractivity contribution in [2.75, 3.05) is 88.4 Å². The number of benzene rings is 3. The van der Waals surface area contributed by atoms with E-state index in [0.29, 0.717) is 42.2 Å². The number of piperidine rings is 1. The molecule has 7 aromatic rings. The highest BCUT2D eigenvalue weighted by Crippen LogP contribution is 2.49. The number of amides is 2. The molecule has 81 heavy (non-hydrogen) atoms. The molecule has 0 spiro atoms. The van der Waals surface area contributed by atoms with Crippen molar-refractivity contribution in [3.63, 3.8) is 0 Å². The molecular formula is C62H74N12O6S. The summed E-state index contributed by atoms with van der Waals surface area (Å²) in [6.45, 7) is 19.6. The normalized spacial score (nSPS) is 23.8. The molecule has 0 radical (unpaired) electrons. The monoisotopic (exact) mass is 1110 g/mol. The van der Waals surface area contributed by atoms with Crippen LogP contribution < -0.4 is 25.2 Å². The number of fused-ring (bicyclic) bond motifs is 6. The number of likely N-dealkylation sites (tertiary alicyclic amines) is 2. The van der Waals surface area contributed by atoms with Crippen LogP contribution in [0.4, 0.5) is 11.6 Å². The highest BCUT2D eigenvalue weighted by atomic mass is 32.1. The maximum atomic E-state index is 14.5. The van der Waals surface area contributed by atoms with Gasteiger partial charge in [-0.1, -0.05) is 68.4 Å². The average Bonchev–Trinajstić information content (AvgIpc) is 3.86. The molecular weight excluding hydrogens is 1040 g/mol. The molecule has 4 aromatic heterocycles. The van der Waals surface area contributed by atoms with Gasteiger partial charge in [0.05, 0.1) is 44.8 Å². The van der Waals surface area contributed by atoms with E-state index >= 15 is 0 Å². The lowest BCUT2D eigenvalue weighted by molar-refractivity contribution is -0.141. The molecule has 9 heterocycles. The molecule has 2 amide bonds. The van der Waals surface area contributed by atoms with E-state index in [-0.39, 0.29) is 48.4 Å². The highest BCUT2D eigenvalue weighted by molar-refractivity contribution is 7.13. The van der Waals surface area contributed by atoms with Crippen molar-refractivity contribution in [2.24, 2.45) is 11.8 Å². The first kappa shape index (κ1) is 53.5. The number of anilines is 2. The van der Waals surface area contributed by atoms with E-state index in [0.717, 1.165) is 151 Å². The molecule has 5 aliphatic heterocycles. The van der Waals surface area contributed by atoms with Crippen LogP contribution in [0.1, 0.15) is 106 Å². The van der Waals surface area contributed by atoms with Gasteiger partial charge in [-0.2, -0.15) is 9.97 Å². The van der Waals surface area contributed by atoms with E-state index in [4.69, 9.17) is 24.2 Å². The summed E-state index contributed by atoms with van der Waals surface area (Å²) in [6, 6.07) is 20.1. The lowest BCUT2D eigenvalue weighted by atomic mass is 9.79. The third kappa shape index (κ3) is 10.5. The molecule has 4 unspecified atom stereocenters. The molecule has 5 saturated heterocycles. The van der Waals surface area contributed by atoms with Crippen LogP contribution in [0, 0.1) is 18.8 Å². The van der Waals surface area contributed by atoms with E-state index in [9.17, 15) is 19.8 Å². The van der Waals surface area contributed by atoms with Crippen LogP contribution in [0.5, 0.6) is 11.8 Å². The Balaban J connectivity index is 0.624. The summed E-state index contributed by atoms with van der Waals surface area (Å²) in [5.41, 5.74) is 9.75. The molecule has 6 aliphatic rings. The van der Waals surface area contributed by atoms with Gasteiger partial charge >= 0.3 is 6.01 Å². The topological polar surface area (TPSA) is 202 Å². The van der Waals surface area contributed by atoms with E-state index in [1.165, 1.54) is 16.9 Å². The minimum absolute atomic E-state index is 0.0228. The van der Waals surface area contributed by atoms with Crippen LogP contribution >= 0.6 is 11.3 Å². The minimum Gasteiger partial charge on any atom is -0.508 e. The zero-order valence-corrected chi connectivity index (χ0v) is 47.9. The third-order valence-electron chi connectivity index (χ3n) is 18.3. The Morgan fingerprint density at radius 2 is 1.72 bits per heavy atom. The molecule has 1 aliphatic carbocycles. The molecule has 4 N–H and O–H groups in total. The van der Waals surface area contributed by atoms with Gasteiger partial charge in [0.2, 0.25) is 11.8 Å². The fourth-order valence-electron chi connectivity index (χ4n) is 14.1. The smallest absolute Gasteiger partial charge is 0.319 e. The van der Waals surface area contributed by atoms with Crippen LogP contribution in [0.2, 0.25) is 0 Å². The van der Waals surface area contributed by atoms with Gasteiger partial charge < -0.3 is 44.8 Å². The van der Waals surface area contributed by atoms with E-state index in [2.05, 4.69) is 65.5 Å². The third-order valence-corrected chi connectivity index (χ3v) is 19.2. The van der Waals surface area contributed by atoms with Crippen molar-refractivity contribution in [2.45, 2.75) is 109 Å². The number of phenolic OH excluding ortho intramolecular Hbond substituents is 1.